The number of carbonyl (C=O) groups excluding carboxylic acids is 1. The van der Waals surface area contributed by atoms with Crippen LogP contribution in [0.25, 0.3) is 0 Å². The molecule has 128 valence electrons. The number of nitro groups is 1. The number of aryl methyl sites for hydroxylation is 2. The maximum absolute atomic E-state index is 12.1. The number of nitrogens with zero attached hydrogens (tertiary/aromatic N) is 3. The number of rotatable bonds is 8. The highest BCUT2D eigenvalue weighted by molar-refractivity contribution is 5.85. The van der Waals surface area contributed by atoms with Gasteiger partial charge in [-0.2, -0.15) is 5.10 Å². The molecule has 0 saturated heterocycles. The number of carboxylic acid groups (broad SMARTS) is 1. The number of carboxylic acids is 1. The van der Waals surface area contributed by atoms with Crippen molar-refractivity contribution in [3.05, 3.63) is 15.8 Å². The number of amides is 1. The molecule has 0 aromatic carbocycles. The first-order valence-electron chi connectivity index (χ1n) is 7.14. The van der Waals surface area contributed by atoms with Crippen molar-refractivity contribution < 1.29 is 19.6 Å². The lowest BCUT2D eigenvalue weighted by atomic mass is 10.1. The van der Waals surface area contributed by atoms with Crippen LogP contribution < -0.4 is 10.6 Å². The van der Waals surface area contributed by atoms with Crippen molar-refractivity contribution in [1.29, 1.82) is 0 Å². The van der Waals surface area contributed by atoms with E-state index in [2.05, 4.69) is 15.7 Å². The van der Waals surface area contributed by atoms with Gasteiger partial charge in [0.2, 0.25) is 11.7 Å². The molecule has 0 aliphatic rings. The smallest absolute Gasteiger partial charge is 0.333 e. The van der Waals surface area contributed by atoms with Gasteiger partial charge in [-0.05, 0) is 13.3 Å². The molecule has 10 heteroatoms. The average molecular weight is 327 g/mol. The van der Waals surface area contributed by atoms with Gasteiger partial charge in [-0.15, -0.1) is 0 Å². The van der Waals surface area contributed by atoms with Crippen LogP contribution in [-0.4, -0.2) is 44.3 Å². The minimum absolute atomic E-state index is 0.0150. The molecule has 1 rings (SSSR count). The number of aromatic nitrogens is 2. The summed E-state index contributed by atoms with van der Waals surface area (Å²) in [5.74, 6) is -2.01. The van der Waals surface area contributed by atoms with E-state index in [1.807, 2.05) is 0 Å². The van der Waals surface area contributed by atoms with Crippen molar-refractivity contribution >= 4 is 23.4 Å². The van der Waals surface area contributed by atoms with Gasteiger partial charge in [0.25, 0.3) is 0 Å². The molecule has 3 N–H and O–H groups in total. The van der Waals surface area contributed by atoms with Crippen molar-refractivity contribution in [2.45, 2.75) is 33.2 Å². The van der Waals surface area contributed by atoms with Crippen LogP contribution in [0.1, 0.15) is 26.0 Å². The molecule has 0 bridgehead atoms. The zero-order valence-corrected chi connectivity index (χ0v) is 13.5. The third-order valence-corrected chi connectivity index (χ3v) is 3.41. The number of anilines is 1. The lowest BCUT2D eigenvalue weighted by molar-refractivity contribution is -0.384. The van der Waals surface area contributed by atoms with Gasteiger partial charge in [-0.3, -0.25) is 19.7 Å². The Kier molecular flexibility index (Phi) is 6.05. The normalized spacial score (nSPS) is 13.2. The maximum atomic E-state index is 12.1. The van der Waals surface area contributed by atoms with E-state index in [1.165, 1.54) is 18.5 Å². The first kappa shape index (κ1) is 18.4. The molecular weight excluding hydrogens is 306 g/mol. The number of carbonyl (C=O) groups is 2. The summed E-state index contributed by atoms with van der Waals surface area (Å²) in [6.45, 7) is 4.72. The summed E-state index contributed by atoms with van der Waals surface area (Å²) in [6.07, 6.45) is 0.370. The summed E-state index contributed by atoms with van der Waals surface area (Å²) < 4.78 is 1.31. The van der Waals surface area contributed by atoms with Crippen LogP contribution in [0.3, 0.4) is 0 Å². The molecule has 1 amide bonds. The predicted molar refractivity (Wildman–Crippen MR) is 82.1 cm³/mol. The fraction of sp³-hybridized carbons (Fsp3) is 0.615. The van der Waals surface area contributed by atoms with Crippen LogP contribution in [0.4, 0.5) is 11.5 Å². The Morgan fingerprint density at radius 1 is 1.48 bits per heavy atom. The molecule has 2 atom stereocenters. The monoisotopic (exact) mass is 327 g/mol. The Hall–Kier alpha value is -2.65. The zero-order chi connectivity index (χ0) is 17.7. The van der Waals surface area contributed by atoms with Crippen LogP contribution in [-0.2, 0) is 16.6 Å². The Balaban J connectivity index is 2.86. The second-order valence-corrected chi connectivity index (χ2v) is 5.25. The van der Waals surface area contributed by atoms with Gasteiger partial charge in [-0.1, -0.05) is 13.8 Å². The minimum Gasteiger partial charge on any atom is -0.481 e. The van der Waals surface area contributed by atoms with Gasteiger partial charge in [-0.25, -0.2) is 4.68 Å². The number of hydrogen-bond acceptors (Lipinski definition) is 6. The number of aliphatic carboxylic acids is 1. The zero-order valence-electron chi connectivity index (χ0n) is 13.5. The first-order chi connectivity index (χ1) is 10.7. The van der Waals surface area contributed by atoms with Crippen LogP contribution in [0.5, 0.6) is 0 Å². The van der Waals surface area contributed by atoms with E-state index in [-0.39, 0.29) is 23.7 Å². The Bertz CT molecular complexity index is 612. The maximum Gasteiger partial charge on any atom is 0.333 e. The van der Waals surface area contributed by atoms with Gasteiger partial charge in [0, 0.05) is 13.6 Å². The van der Waals surface area contributed by atoms with Gasteiger partial charge >= 0.3 is 11.7 Å². The summed E-state index contributed by atoms with van der Waals surface area (Å²) >= 11 is 0. The SMILES string of the molecule is CC[C@H](Nc1c([N+](=O)[O-])c(C)nn1C)C(=O)NC[C@H](C)C(=O)O. The molecule has 0 saturated carbocycles. The molecule has 10 nitrogen and oxygen atoms in total. The third-order valence-electron chi connectivity index (χ3n) is 3.41. The first-order valence-corrected chi connectivity index (χ1v) is 7.14. The Labute approximate surface area is 133 Å². The van der Waals surface area contributed by atoms with Crippen LogP contribution in [0, 0.1) is 23.0 Å². The van der Waals surface area contributed by atoms with E-state index >= 15 is 0 Å². The van der Waals surface area contributed by atoms with Crippen molar-refractivity contribution in [2.75, 3.05) is 11.9 Å². The average Bonchev–Trinajstić information content (AvgIpc) is 2.75. The van der Waals surface area contributed by atoms with E-state index in [0.717, 1.165) is 0 Å². The van der Waals surface area contributed by atoms with E-state index in [0.29, 0.717) is 6.42 Å². The highest BCUT2D eigenvalue weighted by atomic mass is 16.6. The molecule has 0 aliphatic carbocycles. The fourth-order valence-corrected chi connectivity index (χ4v) is 2.01. The third kappa shape index (κ3) is 4.41. The van der Waals surface area contributed by atoms with Gasteiger partial charge < -0.3 is 15.7 Å². The van der Waals surface area contributed by atoms with Crippen molar-refractivity contribution in [2.24, 2.45) is 13.0 Å². The summed E-state index contributed by atoms with van der Waals surface area (Å²) in [5, 5.41) is 29.3. The van der Waals surface area contributed by atoms with Crippen LogP contribution >= 0.6 is 0 Å². The van der Waals surface area contributed by atoms with Crippen molar-refractivity contribution in [1.82, 2.24) is 15.1 Å². The van der Waals surface area contributed by atoms with Gasteiger partial charge in [0.05, 0.1) is 10.8 Å². The molecule has 1 aromatic rings. The molecule has 0 radical (unpaired) electrons. The molecule has 0 spiro atoms. The molecule has 0 fully saturated rings. The second kappa shape index (κ2) is 7.56. The summed E-state index contributed by atoms with van der Waals surface area (Å²) in [5.41, 5.74) is 0.0624. The van der Waals surface area contributed by atoms with E-state index < -0.39 is 28.8 Å². The quantitative estimate of drug-likeness (QED) is 0.471. The standard InChI is InChI=1S/C13H21N5O5/c1-5-9(12(19)14-6-7(2)13(20)21)15-11-10(18(22)23)8(3)16-17(11)4/h7,9,15H,5-6H2,1-4H3,(H,14,19)(H,20,21)/t7-,9-/m0/s1. The number of nitrogens with one attached hydrogen (secondary N) is 2. The van der Waals surface area contributed by atoms with E-state index in [9.17, 15) is 19.7 Å². The topological polar surface area (TPSA) is 139 Å². The summed E-state index contributed by atoms with van der Waals surface area (Å²) in [4.78, 5) is 33.5. The Morgan fingerprint density at radius 3 is 2.57 bits per heavy atom. The molecule has 23 heavy (non-hydrogen) atoms. The van der Waals surface area contributed by atoms with E-state index in [4.69, 9.17) is 5.11 Å². The molecule has 0 aliphatic heterocycles. The lowest BCUT2D eigenvalue weighted by Gasteiger charge is -2.18. The highest BCUT2D eigenvalue weighted by Gasteiger charge is 2.28. The summed E-state index contributed by atoms with van der Waals surface area (Å²) in [6, 6.07) is -0.732. The van der Waals surface area contributed by atoms with Gasteiger partial charge in [0.15, 0.2) is 0 Å². The molecule has 0 unspecified atom stereocenters. The highest BCUT2D eigenvalue weighted by Crippen LogP contribution is 2.28. The largest absolute Gasteiger partial charge is 0.481 e. The Morgan fingerprint density at radius 2 is 2.09 bits per heavy atom. The molecule has 1 aromatic heterocycles. The predicted octanol–water partition coefficient (Wildman–Crippen LogP) is 0.664. The van der Waals surface area contributed by atoms with Crippen LogP contribution in [0.15, 0.2) is 0 Å². The molecule has 1 heterocycles. The fourth-order valence-electron chi connectivity index (χ4n) is 2.01. The summed E-state index contributed by atoms with van der Waals surface area (Å²) in [7, 11) is 1.54. The molecular formula is C13H21N5O5. The van der Waals surface area contributed by atoms with Crippen molar-refractivity contribution in [3.63, 3.8) is 0 Å². The minimum atomic E-state index is -1.01. The second-order valence-electron chi connectivity index (χ2n) is 5.25. The van der Waals surface area contributed by atoms with Crippen LogP contribution in [0.2, 0.25) is 0 Å². The van der Waals surface area contributed by atoms with Gasteiger partial charge in [0.1, 0.15) is 11.7 Å². The lowest BCUT2D eigenvalue weighted by Crippen LogP contribution is -2.42. The van der Waals surface area contributed by atoms with Crippen molar-refractivity contribution in [3.8, 4) is 0 Å². The number of hydrogen-bond donors (Lipinski definition) is 3. The van der Waals surface area contributed by atoms with E-state index in [1.54, 1.807) is 14.0 Å².